The van der Waals surface area contributed by atoms with Gasteiger partial charge in [-0.2, -0.15) is 0 Å². The van der Waals surface area contributed by atoms with Gasteiger partial charge in [-0.25, -0.2) is 0 Å². The fourth-order valence-electron chi connectivity index (χ4n) is 2.55. The molecule has 0 aliphatic rings. The van der Waals surface area contributed by atoms with E-state index in [0.29, 0.717) is 5.92 Å². The van der Waals surface area contributed by atoms with Crippen LogP contribution in [0, 0.1) is 5.92 Å². The molecule has 0 fully saturated rings. The summed E-state index contributed by atoms with van der Waals surface area (Å²) >= 11 is 6.13. The van der Waals surface area contributed by atoms with Crippen molar-refractivity contribution in [2.45, 2.75) is 46.2 Å². The largest absolute Gasteiger partial charge is 0.326 e. The molecule has 108 valence electrons. The van der Waals surface area contributed by atoms with Crippen LogP contribution in [-0.2, 0) is 0 Å². The average Bonchev–Trinajstić information content (AvgIpc) is 2.37. The van der Waals surface area contributed by atoms with Crippen LogP contribution in [0.2, 0.25) is 5.02 Å². The van der Waals surface area contributed by atoms with E-state index < -0.39 is 0 Å². The van der Waals surface area contributed by atoms with Crippen LogP contribution < -0.4 is 5.73 Å². The van der Waals surface area contributed by atoms with Gasteiger partial charge in [0.15, 0.2) is 0 Å². The van der Waals surface area contributed by atoms with Gasteiger partial charge in [-0.1, -0.05) is 51.4 Å². The highest BCUT2D eigenvalue weighted by molar-refractivity contribution is 6.30. The zero-order valence-corrected chi connectivity index (χ0v) is 13.3. The summed E-state index contributed by atoms with van der Waals surface area (Å²) in [5.41, 5.74) is 7.59. The second-order valence-corrected chi connectivity index (χ2v) is 5.99. The molecule has 0 bridgehead atoms. The van der Waals surface area contributed by atoms with Crippen LogP contribution in [0.5, 0.6) is 0 Å². The number of hydrogen-bond acceptors (Lipinski definition) is 2. The molecule has 19 heavy (non-hydrogen) atoms. The van der Waals surface area contributed by atoms with E-state index in [1.54, 1.807) is 0 Å². The topological polar surface area (TPSA) is 29.3 Å². The Hall–Kier alpha value is -0.570. The predicted octanol–water partition coefficient (Wildman–Crippen LogP) is 4.10. The summed E-state index contributed by atoms with van der Waals surface area (Å²) in [6.07, 6.45) is 0.964. The Labute approximate surface area is 122 Å². The lowest BCUT2D eigenvalue weighted by Gasteiger charge is -2.36. The molecule has 1 rings (SSSR count). The van der Waals surface area contributed by atoms with Crippen LogP contribution in [0.3, 0.4) is 0 Å². The molecule has 0 aromatic heterocycles. The Balaban J connectivity index is 3.05. The van der Waals surface area contributed by atoms with E-state index in [1.165, 1.54) is 5.56 Å². The molecule has 0 spiro atoms. The van der Waals surface area contributed by atoms with Gasteiger partial charge in [0.05, 0.1) is 0 Å². The number of likely N-dealkylation sites (N-methyl/N-ethyl adjacent to an activating group) is 1. The molecule has 0 aliphatic heterocycles. The Morgan fingerprint density at radius 1 is 1.26 bits per heavy atom. The summed E-state index contributed by atoms with van der Waals surface area (Å²) in [6, 6.07) is 8.49. The molecule has 3 heteroatoms. The second kappa shape index (κ2) is 7.88. The molecule has 0 saturated carbocycles. The standard InChI is InChI=1S/C16H27ClN2/c1-5-15(18)16(19(6-2)11-12(3)4)13-8-7-9-14(17)10-13/h7-10,12,15-16H,5-6,11,18H2,1-4H3. The lowest BCUT2D eigenvalue weighted by Crippen LogP contribution is -2.42. The van der Waals surface area contributed by atoms with Gasteiger partial charge in [0, 0.05) is 23.7 Å². The lowest BCUT2D eigenvalue weighted by molar-refractivity contribution is 0.159. The van der Waals surface area contributed by atoms with Crippen LogP contribution in [-0.4, -0.2) is 24.0 Å². The van der Waals surface area contributed by atoms with Gasteiger partial charge in [-0.05, 0) is 36.6 Å². The summed E-state index contributed by atoms with van der Waals surface area (Å²) in [6.45, 7) is 10.9. The van der Waals surface area contributed by atoms with E-state index in [9.17, 15) is 0 Å². The fraction of sp³-hybridized carbons (Fsp3) is 0.625. The third-order valence-corrected chi connectivity index (χ3v) is 3.70. The van der Waals surface area contributed by atoms with E-state index in [0.717, 1.165) is 24.5 Å². The van der Waals surface area contributed by atoms with E-state index in [4.69, 9.17) is 17.3 Å². The van der Waals surface area contributed by atoms with Gasteiger partial charge in [0.1, 0.15) is 0 Å². The van der Waals surface area contributed by atoms with E-state index in [2.05, 4.69) is 38.7 Å². The van der Waals surface area contributed by atoms with Crippen molar-refractivity contribution in [2.24, 2.45) is 11.7 Å². The van der Waals surface area contributed by atoms with Crippen molar-refractivity contribution < 1.29 is 0 Å². The van der Waals surface area contributed by atoms with Crippen molar-refractivity contribution in [1.29, 1.82) is 0 Å². The summed E-state index contributed by atoms with van der Waals surface area (Å²) < 4.78 is 0. The zero-order valence-electron chi connectivity index (χ0n) is 12.6. The first-order valence-electron chi connectivity index (χ1n) is 7.24. The molecule has 2 atom stereocenters. The van der Waals surface area contributed by atoms with Crippen molar-refractivity contribution in [1.82, 2.24) is 4.90 Å². The highest BCUT2D eigenvalue weighted by atomic mass is 35.5. The van der Waals surface area contributed by atoms with Crippen molar-refractivity contribution in [3.8, 4) is 0 Å². The van der Waals surface area contributed by atoms with E-state index >= 15 is 0 Å². The first-order chi connectivity index (χ1) is 8.99. The average molecular weight is 283 g/mol. The van der Waals surface area contributed by atoms with E-state index in [-0.39, 0.29) is 12.1 Å². The van der Waals surface area contributed by atoms with Crippen LogP contribution in [0.4, 0.5) is 0 Å². The maximum absolute atomic E-state index is 6.37. The van der Waals surface area contributed by atoms with Crippen LogP contribution in [0.25, 0.3) is 0 Å². The third kappa shape index (κ3) is 4.79. The molecule has 0 saturated heterocycles. The predicted molar refractivity (Wildman–Crippen MR) is 84.5 cm³/mol. The number of nitrogens with zero attached hydrogens (tertiary/aromatic N) is 1. The smallest absolute Gasteiger partial charge is 0.0499 e. The molecule has 2 unspecified atom stereocenters. The first-order valence-corrected chi connectivity index (χ1v) is 7.62. The number of benzene rings is 1. The van der Waals surface area contributed by atoms with Crippen LogP contribution in [0.1, 0.15) is 45.7 Å². The molecule has 1 aromatic rings. The minimum atomic E-state index is 0.136. The van der Waals surface area contributed by atoms with Gasteiger partial charge in [-0.3, -0.25) is 4.90 Å². The van der Waals surface area contributed by atoms with Crippen molar-refractivity contribution in [2.75, 3.05) is 13.1 Å². The normalized spacial score (nSPS) is 14.9. The Morgan fingerprint density at radius 2 is 1.95 bits per heavy atom. The molecular weight excluding hydrogens is 256 g/mol. The van der Waals surface area contributed by atoms with Crippen molar-refractivity contribution >= 4 is 11.6 Å². The van der Waals surface area contributed by atoms with Crippen molar-refractivity contribution in [3.63, 3.8) is 0 Å². The summed E-state index contributed by atoms with van der Waals surface area (Å²) in [4.78, 5) is 2.46. The second-order valence-electron chi connectivity index (χ2n) is 5.55. The summed E-state index contributed by atoms with van der Waals surface area (Å²) in [7, 11) is 0. The molecule has 2 nitrogen and oxygen atoms in total. The minimum Gasteiger partial charge on any atom is -0.326 e. The Kier molecular flexibility index (Phi) is 6.84. The highest BCUT2D eigenvalue weighted by Gasteiger charge is 2.25. The number of hydrogen-bond donors (Lipinski definition) is 1. The molecular formula is C16H27ClN2. The van der Waals surface area contributed by atoms with E-state index in [1.807, 2.05) is 18.2 Å². The van der Waals surface area contributed by atoms with Gasteiger partial charge < -0.3 is 5.73 Å². The molecule has 0 heterocycles. The minimum absolute atomic E-state index is 0.136. The Bertz CT molecular complexity index is 379. The van der Waals surface area contributed by atoms with Gasteiger partial charge in [-0.15, -0.1) is 0 Å². The molecule has 1 aromatic carbocycles. The maximum atomic E-state index is 6.37. The number of rotatable bonds is 7. The van der Waals surface area contributed by atoms with Crippen LogP contribution in [0.15, 0.2) is 24.3 Å². The highest BCUT2D eigenvalue weighted by Crippen LogP contribution is 2.27. The van der Waals surface area contributed by atoms with Crippen LogP contribution >= 0.6 is 11.6 Å². The zero-order chi connectivity index (χ0) is 14.4. The molecule has 2 N–H and O–H groups in total. The molecule has 0 aliphatic carbocycles. The molecule has 0 amide bonds. The lowest BCUT2D eigenvalue weighted by atomic mass is 9.95. The number of nitrogens with two attached hydrogens (primary N) is 1. The third-order valence-electron chi connectivity index (χ3n) is 3.47. The molecule has 0 radical (unpaired) electrons. The maximum Gasteiger partial charge on any atom is 0.0499 e. The first kappa shape index (κ1) is 16.5. The fourth-order valence-corrected chi connectivity index (χ4v) is 2.75. The Morgan fingerprint density at radius 3 is 2.42 bits per heavy atom. The monoisotopic (exact) mass is 282 g/mol. The van der Waals surface area contributed by atoms with Crippen molar-refractivity contribution in [3.05, 3.63) is 34.9 Å². The van der Waals surface area contributed by atoms with Gasteiger partial charge in [0.25, 0.3) is 0 Å². The summed E-state index contributed by atoms with van der Waals surface area (Å²) in [5, 5.41) is 0.784. The SMILES string of the molecule is CCC(N)C(c1cccc(Cl)c1)N(CC)CC(C)C. The van der Waals surface area contributed by atoms with Gasteiger partial charge >= 0.3 is 0 Å². The number of halogens is 1. The quantitative estimate of drug-likeness (QED) is 0.816. The van der Waals surface area contributed by atoms with Gasteiger partial charge in [0.2, 0.25) is 0 Å². The summed E-state index contributed by atoms with van der Waals surface area (Å²) in [5.74, 6) is 0.630.